The summed E-state index contributed by atoms with van der Waals surface area (Å²) in [5.41, 5.74) is 0.915. The maximum Gasteiger partial charge on any atom is 0.335 e. The number of carboxylic acid groups (broad SMARTS) is 1. The molecule has 16 heavy (non-hydrogen) atoms. The zero-order valence-corrected chi connectivity index (χ0v) is 8.84. The summed E-state index contributed by atoms with van der Waals surface area (Å²) in [6.45, 7) is 0. The second kappa shape index (κ2) is 5.70. The number of benzene rings is 1. The van der Waals surface area contributed by atoms with Gasteiger partial charge in [-0.2, -0.15) is 0 Å². The van der Waals surface area contributed by atoms with Crippen LogP contribution in [-0.2, 0) is 4.79 Å². The summed E-state index contributed by atoms with van der Waals surface area (Å²) >= 11 is 0. The molecule has 0 fully saturated rings. The summed E-state index contributed by atoms with van der Waals surface area (Å²) in [7, 11) is 1.47. The molecule has 0 saturated carbocycles. The number of hydrogen-bond donors (Lipinski definition) is 1. The van der Waals surface area contributed by atoms with Gasteiger partial charge < -0.3 is 14.6 Å². The molecular weight excluding hydrogens is 208 g/mol. The molecule has 4 nitrogen and oxygen atoms in total. The van der Waals surface area contributed by atoms with Crippen LogP contribution in [0.3, 0.4) is 0 Å². The van der Waals surface area contributed by atoms with Crippen LogP contribution in [0.15, 0.2) is 24.3 Å². The summed E-state index contributed by atoms with van der Waals surface area (Å²) in [5, 5.41) is 8.79. The van der Waals surface area contributed by atoms with Gasteiger partial charge in [-0.3, -0.25) is 0 Å². The number of methoxy groups -OCH3 is 1. The van der Waals surface area contributed by atoms with Crippen molar-refractivity contribution in [3.63, 3.8) is 0 Å². The fourth-order valence-electron chi connectivity index (χ4n) is 1.23. The van der Waals surface area contributed by atoms with Gasteiger partial charge in [0.05, 0.1) is 12.7 Å². The molecule has 0 spiro atoms. The lowest BCUT2D eigenvalue weighted by molar-refractivity contribution is -0.107. The smallest absolute Gasteiger partial charge is 0.335 e. The third-order valence-corrected chi connectivity index (χ3v) is 2.01. The second-order valence-corrected chi connectivity index (χ2v) is 3.07. The van der Waals surface area contributed by atoms with E-state index in [9.17, 15) is 9.59 Å². The van der Waals surface area contributed by atoms with Gasteiger partial charge in [-0.05, 0) is 12.1 Å². The topological polar surface area (TPSA) is 63.6 Å². The van der Waals surface area contributed by atoms with Gasteiger partial charge in [0, 0.05) is 12.0 Å². The van der Waals surface area contributed by atoms with Crippen molar-refractivity contribution in [2.75, 3.05) is 7.11 Å². The minimum atomic E-state index is -0.998. The fourth-order valence-corrected chi connectivity index (χ4v) is 1.23. The number of aromatic carboxylic acids is 1. The third kappa shape index (κ3) is 2.95. The van der Waals surface area contributed by atoms with Gasteiger partial charge in [0.1, 0.15) is 12.0 Å². The molecule has 0 aromatic heterocycles. The van der Waals surface area contributed by atoms with E-state index in [1.165, 1.54) is 19.2 Å². The van der Waals surface area contributed by atoms with Gasteiger partial charge in [0.25, 0.3) is 0 Å². The molecule has 1 aromatic rings. The van der Waals surface area contributed by atoms with Gasteiger partial charge >= 0.3 is 5.97 Å². The monoisotopic (exact) mass is 220 g/mol. The molecule has 1 N–H and O–H groups in total. The van der Waals surface area contributed by atoms with Gasteiger partial charge in [-0.25, -0.2) is 4.79 Å². The van der Waals surface area contributed by atoms with E-state index in [0.29, 0.717) is 12.2 Å². The number of carbonyl (C=O) groups excluding carboxylic acids is 1. The zero-order valence-electron chi connectivity index (χ0n) is 8.84. The minimum absolute atomic E-state index is 0.171. The largest absolute Gasteiger partial charge is 0.496 e. The van der Waals surface area contributed by atoms with Gasteiger partial charge in [0.2, 0.25) is 0 Å². The first kappa shape index (κ1) is 12.0. The molecule has 0 aliphatic carbocycles. The van der Waals surface area contributed by atoms with E-state index in [2.05, 4.69) is 0 Å². The highest BCUT2D eigenvalue weighted by molar-refractivity contribution is 5.88. The molecule has 0 aliphatic heterocycles. The summed E-state index contributed by atoms with van der Waals surface area (Å²) in [6.07, 6.45) is 4.52. The first-order valence-corrected chi connectivity index (χ1v) is 4.70. The van der Waals surface area contributed by atoms with E-state index in [4.69, 9.17) is 9.84 Å². The van der Waals surface area contributed by atoms with E-state index in [1.807, 2.05) is 0 Å². The Morgan fingerprint density at radius 2 is 2.25 bits per heavy atom. The lowest BCUT2D eigenvalue weighted by Gasteiger charge is -2.05. The van der Waals surface area contributed by atoms with E-state index in [-0.39, 0.29) is 5.56 Å². The van der Waals surface area contributed by atoms with Crippen LogP contribution < -0.4 is 4.74 Å². The van der Waals surface area contributed by atoms with Crippen molar-refractivity contribution in [2.45, 2.75) is 6.42 Å². The number of ether oxygens (including phenoxy) is 1. The van der Waals surface area contributed by atoms with Crippen LogP contribution in [0.25, 0.3) is 6.08 Å². The van der Waals surface area contributed by atoms with Crippen LogP contribution in [0.4, 0.5) is 0 Å². The summed E-state index contributed by atoms with van der Waals surface area (Å²) in [5.74, 6) is -0.524. The zero-order chi connectivity index (χ0) is 12.0. The molecule has 0 heterocycles. The fraction of sp³-hybridized carbons (Fsp3) is 0.167. The number of carbonyl (C=O) groups is 2. The van der Waals surface area contributed by atoms with Crippen LogP contribution >= 0.6 is 0 Å². The standard InChI is InChI=1S/C12H12O4/c1-16-11-8-10(12(14)15)6-5-9(11)4-2-3-7-13/h2,4-8H,3H2,1H3,(H,14,15). The highest BCUT2D eigenvalue weighted by atomic mass is 16.5. The Morgan fingerprint density at radius 1 is 1.50 bits per heavy atom. The van der Waals surface area contributed by atoms with Crippen molar-refractivity contribution in [1.82, 2.24) is 0 Å². The Balaban J connectivity index is 3.01. The summed E-state index contributed by atoms with van der Waals surface area (Å²) < 4.78 is 5.06. The highest BCUT2D eigenvalue weighted by Crippen LogP contribution is 2.21. The van der Waals surface area contributed by atoms with E-state index in [1.54, 1.807) is 18.2 Å². The molecule has 1 rings (SSSR count). The van der Waals surface area contributed by atoms with Crippen molar-refractivity contribution in [3.05, 3.63) is 35.4 Å². The van der Waals surface area contributed by atoms with Crippen molar-refractivity contribution in [2.24, 2.45) is 0 Å². The SMILES string of the molecule is COc1cc(C(=O)O)ccc1C=CCC=O. The van der Waals surface area contributed by atoms with Crippen molar-refractivity contribution >= 4 is 18.3 Å². The predicted octanol–water partition coefficient (Wildman–Crippen LogP) is 2.00. The predicted molar refractivity (Wildman–Crippen MR) is 59.7 cm³/mol. The van der Waals surface area contributed by atoms with E-state index in [0.717, 1.165) is 11.8 Å². The average Bonchev–Trinajstić information content (AvgIpc) is 2.29. The Morgan fingerprint density at radius 3 is 2.81 bits per heavy atom. The third-order valence-electron chi connectivity index (χ3n) is 2.01. The minimum Gasteiger partial charge on any atom is -0.496 e. The summed E-state index contributed by atoms with van der Waals surface area (Å²) in [4.78, 5) is 20.9. The maximum absolute atomic E-state index is 10.7. The molecule has 0 saturated heterocycles. The maximum atomic E-state index is 10.7. The molecular formula is C12H12O4. The van der Waals surface area contributed by atoms with Crippen LogP contribution in [-0.4, -0.2) is 24.5 Å². The van der Waals surface area contributed by atoms with Crippen molar-refractivity contribution in [3.8, 4) is 5.75 Å². The van der Waals surface area contributed by atoms with Crippen LogP contribution in [0.2, 0.25) is 0 Å². The van der Waals surface area contributed by atoms with Gasteiger partial charge in [-0.1, -0.05) is 18.2 Å². The Bertz CT molecular complexity index is 421. The molecule has 0 bridgehead atoms. The number of aldehydes is 1. The van der Waals surface area contributed by atoms with Crippen molar-refractivity contribution in [1.29, 1.82) is 0 Å². The van der Waals surface area contributed by atoms with Gasteiger partial charge in [-0.15, -0.1) is 0 Å². The van der Waals surface area contributed by atoms with E-state index >= 15 is 0 Å². The highest BCUT2D eigenvalue weighted by Gasteiger charge is 2.06. The number of rotatable bonds is 5. The molecule has 0 unspecified atom stereocenters. The molecule has 4 heteroatoms. The summed E-state index contributed by atoms with van der Waals surface area (Å²) in [6, 6.07) is 4.58. The Hall–Kier alpha value is -2.10. The number of allylic oxidation sites excluding steroid dienone is 1. The normalized spacial score (nSPS) is 10.3. The Labute approximate surface area is 93.2 Å². The lowest BCUT2D eigenvalue weighted by atomic mass is 10.1. The quantitative estimate of drug-likeness (QED) is 0.771. The van der Waals surface area contributed by atoms with Gasteiger partial charge in [0.15, 0.2) is 0 Å². The van der Waals surface area contributed by atoms with Crippen LogP contribution in [0, 0.1) is 0 Å². The number of carboxylic acids is 1. The first-order chi connectivity index (χ1) is 7.69. The van der Waals surface area contributed by atoms with Crippen molar-refractivity contribution < 1.29 is 19.4 Å². The Kier molecular flexibility index (Phi) is 4.27. The first-order valence-electron chi connectivity index (χ1n) is 4.70. The molecule has 1 aromatic carbocycles. The second-order valence-electron chi connectivity index (χ2n) is 3.07. The molecule has 0 aliphatic rings. The molecule has 0 amide bonds. The molecule has 0 radical (unpaired) electrons. The van der Waals surface area contributed by atoms with Crippen LogP contribution in [0.5, 0.6) is 5.75 Å². The number of hydrogen-bond acceptors (Lipinski definition) is 3. The molecule has 84 valence electrons. The van der Waals surface area contributed by atoms with Crippen LogP contribution in [0.1, 0.15) is 22.3 Å². The average molecular weight is 220 g/mol. The molecule has 0 atom stereocenters. The van der Waals surface area contributed by atoms with E-state index < -0.39 is 5.97 Å². The lowest BCUT2D eigenvalue weighted by Crippen LogP contribution is -1.97.